The highest BCUT2D eigenvalue weighted by Gasteiger charge is 2.32. The van der Waals surface area contributed by atoms with Crippen molar-refractivity contribution in [1.29, 1.82) is 0 Å². The van der Waals surface area contributed by atoms with Gasteiger partial charge in [0, 0.05) is 0 Å². The molecule has 0 aliphatic carbocycles. The molecule has 38 heavy (non-hydrogen) atoms. The minimum absolute atomic E-state index is 0.0796. The van der Waals surface area contributed by atoms with E-state index in [1.165, 1.54) is 0 Å². The number of hydrogen-bond donors (Lipinski definition) is 3. The normalized spacial score (nSPS) is 14.0. The molecular formula is C29H47N3O6. The molecule has 1 aromatic carbocycles. The van der Waals surface area contributed by atoms with Crippen LogP contribution in [-0.2, 0) is 30.5 Å². The van der Waals surface area contributed by atoms with Crippen molar-refractivity contribution in [2.75, 3.05) is 0 Å². The molecule has 9 heteroatoms. The highest BCUT2D eigenvalue weighted by atomic mass is 16.6. The number of amides is 3. The van der Waals surface area contributed by atoms with Gasteiger partial charge in [0.15, 0.2) is 0 Å². The molecule has 214 valence electrons. The molecule has 0 saturated carbocycles. The second-order valence-corrected chi connectivity index (χ2v) is 11.8. The third-order valence-electron chi connectivity index (χ3n) is 5.50. The van der Waals surface area contributed by atoms with E-state index in [0.717, 1.165) is 5.56 Å². The van der Waals surface area contributed by atoms with Gasteiger partial charge in [0.1, 0.15) is 30.3 Å². The first kappa shape index (κ1) is 32.9. The lowest BCUT2D eigenvalue weighted by molar-refractivity contribution is -0.150. The van der Waals surface area contributed by atoms with Crippen molar-refractivity contribution in [2.45, 2.75) is 105 Å². The van der Waals surface area contributed by atoms with Gasteiger partial charge in [0.2, 0.25) is 11.8 Å². The summed E-state index contributed by atoms with van der Waals surface area (Å²) in [5.74, 6) is -1.57. The quantitative estimate of drug-likeness (QED) is 0.324. The maximum Gasteiger partial charge on any atom is 0.408 e. The van der Waals surface area contributed by atoms with Crippen molar-refractivity contribution in [2.24, 2.45) is 17.8 Å². The van der Waals surface area contributed by atoms with Crippen LogP contribution < -0.4 is 16.0 Å². The summed E-state index contributed by atoms with van der Waals surface area (Å²) in [4.78, 5) is 51.8. The smallest absolute Gasteiger partial charge is 0.408 e. The molecule has 0 saturated heterocycles. The van der Waals surface area contributed by atoms with Crippen LogP contribution in [0.5, 0.6) is 0 Å². The fraction of sp³-hybridized carbons (Fsp3) is 0.655. The van der Waals surface area contributed by atoms with Crippen LogP contribution in [0.25, 0.3) is 0 Å². The number of nitrogens with one attached hydrogen (secondary N) is 3. The van der Waals surface area contributed by atoms with E-state index in [4.69, 9.17) is 9.47 Å². The van der Waals surface area contributed by atoms with Gasteiger partial charge in [-0.05, 0) is 56.9 Å². The van der Waals surface area contributed by atoms with Gasteiger partial charge >= 0.3 is 12.1 Å². The summed E-state index contributed by atoms with van der Waals surface area (Å²) >= 11 is 0. The van der Waals surface area contributed by atoms with Crippen molar-refractivity contribution in [1.82, 2.24) is 16.0 Å². The molecule has 3 atom stereocenters. The molecule has 3 amide bonds. The second-order valence-electron chi connectivity index (χ2n) is 11.8. The summed E-state index contributed by atoms with van der Waals surface area (Å²) in [7, 11) is 0. The largest absolute Gasteiger partial charge is 0.459 e. The predicted octanol–water partition coefficient (Wildman–Crippen LogP) is 4.34. The van der Waals surface area contributed by atoms with E-state index < -0.39 is 47.6 Å². The highest BCUT2D eigenvalue weighted by molar-refractivity contribution is 5.93. The van der Waals surface area contributed by atoms with Crippen LogP contribution in [0.4, 0.5) is 4.79 Å². The molecular weight excluding hydrogens is 486 g/mol. The average Bonchev–Trinajstić information content (AvgIpc) is 2.78. The molecule has 0 aliphatic rings. The SMILES string of the molecule is CC(C)C[C@H](NC(=O)OC(C)(C)C)C(=O)N[C@H](CC(C)C)C(=O)N[C@H](C(=O)OCc1ccccc1)C(C)C. The van der Waals surface area contributed by atoms with E-state index in [2.05, 4.69) is 16.0 Å². The number of carbonyl (C=O) groups is 4. The Morgan fingerprint density at radius 3 is 1.74 bits per heavy atom. The molecule has 0 heterocycles. The number of hydrogen-bond acceptors (Lipinski definition) is 6. The predicted molar refractivity (Wildman–Crippen MR) is 147 cm³/mol. The summed E-state index contributed by atoms with van der Waals surface area (Å²) in [6.07, 6.45) is 0.00767. The van der Waals surface area contributed by atoms with Gasteiger partial charge in [-0.15, -0.1) is 0 Å². The van der Waals surface area contributed by atoms with Gasteiger partial charge in [-0.2, -0.15) is 0 Å². The second kappa shape index (κ2) is 15.3. The number of alkyl carbamates (subject to hydrolysis) is 1. The van der Waals surface area contributed by atoms with Crippen LogP contribution >= 0.6 is 0 Å². The average molecular weight is 534 g/mol. The third-order valence-corrected chi connectivity index (χ3v) is 5.50. The Hall–Kier alpha value is -3.10. The first-order valence-electron chi connectivity index (χ1n) is 13.4. The van der Waals surface area contributed by atoms with Gasteiger partial charge < -0.3 is 25.4 Å². The summed E-state index contributed by atoms with van der Waals surface area (Å²) in [6.45, 7) is 16.7. The van der Waals surface area contributed by atoms with E-state index in [-0.39, 0.29) is 24.4 Å². The lowest BCUT2D eigenvalue weighted by atomic mass is 9.99. The lowest BCUT2D eigenvalue weighted by Crippen LogP contribution is -2.57. The Morgan fingerprint density at radius 1 is 0.763 bits per heavy atom. The summed E-state index contributed by atoms with van der Waals surface area (Å²) in [6, 6.07) is 6.62. The Balaban J connectivity index is 2.97. The van der Waals surface area contributed by atoms with Gasteiger partial charge in [0.25, 0.3) is 0 Å². The molecule has 3 N–H and O–H groups in total. The Labute approximate surface area is 227 Å². The van der Waals surface area contributed by atoms with Crippen molar-refractivity contribution < 1.29 is 28.7 Å². The zero-order chi connectivity index (χ0) is 29.0. The van der Waals surface area contributed by atoms with Crippen LogP contribution in [0, 0.1) is 17.8 Å². The van der Waals surface area contributed by atoms with Crippen LogP contribution in [0.15, 0.2) is 30.3 Å². The van der Waals surface area contributed by atoms with E-state index in [9.17, 15) is 19.2 Å². The van der Waals surface area contributed by atoms with Gasteiger partial charge in [-0.1, -0.05) is 71.9 Å². The van der Waals surface area contributed by atoms with Crippen molar-refractivity contribution >= 4 is 23.9 Å². The van der Waals surface area contributed by atoms with Crippen LogP contribution in [0.1, 0.15) is 80.7 Å². The van der Waals surface area contributed by atoms with Crippen LogP contribution in [0.3, 0.4) is 0 Å². The Kier molecular flexibility index (Phi) is 13.3. The van der Waals surface area contributed by atoms with Gasteiger partial charge in [-0.3, -0.25) is 9.59 Å². The van der Waals surface area contributed by atoms with Crippen LogP contribution in [0.2, 0.25) is 0 Å². The number of benzene rings is 1. The summed E-state index contributed by atoms with van der Waals surface area (Å²) in [5.41, 5.74) is 0.123. The van der Waals surface area contributed by atoms with Gasteiger partial charge in [0.05, 0.1) is 0 Å². The minimum Gasteiger partial charge on any atom is -0.459 e. The molecule has 0 spiro atoms. The maximum atomic E-state index is 13.3. The molecule has 1 aromatic rings. The Bertz CT molecular complexity index is 909. The number of esters is 1. The minimum atomic E-state index is -0.902. The van der Waals surface area contributed by atoms with Crippen molar-refractivity contribution in [3.05, 3.63) is 35.9 Å². The standard InChI is InChI=1S/C29H47N3O6/c1-18(2)15-22(30-25(33)23(16-19(3)4)31-28(36)38-29(7,8)9)26(34)32-24(20(5)6)27(35)37-17-21-13-11-10-12-14-21/h10-14,18-20,22-24H,15-17H2,1-9H3,(H,30,33)(H,31,36)(H,32,34)/t22-,23+,24+/m1/s1. The lowest BCUT2D eigenvalue weighted by Gasteiger charge is -2.28. The molecule has 0 radical (unpaired) electrons. The molecule has 9 nitrogen and oxygen atoms in total. The van der Waals surface area contributed by atoms with E-state index >= 15 is 0 Å². The fourth-order valence-corrected chi connectivity index (χ4v) is 3.70. The molecule has 1 rings (SSSR count). The van der Waals surface area contributed by atoms with Crippen molar-refractivity contribution in [3.63, 3.8) is 0 Å². The molecule has 0 aliphatic heterocycles. The zero-order valence-electron chi connectivity index (χ0n) is 24.4. The summed E-state index contributed by atoms with van der Waals surface area (Å²) < 4.78 is 10.8. The van der Waals surface area contributed by atoms with E-state index in [1.807, 2.05) is 71.9 Å². The third kappa shape index (κ3) is 12.9. The van der Waals surface area contributed by atoms with Gasteiger partial charge in [-0.25, -0.2) is 9.59 Å². The Morgan fingerprint density at radius 2 is 1.26 bits per heavy atom. The number of rotatable bonds is 13. The van der Waals surface area contributed by atoms with E-state index in [0.29, 0.717) is 12.8 Å². The van der Waals surface area contributed by atoms with Crippen molar-refractivity contribution in [3.8, 4) is 0 Å². The number of carbonyl (C=O) groups excluding carboxylic acids is 4. The summed E-state index contributed by atoms with van der Waals surface area (Å²) in [5, 5.41) is 8.20. The zero-order valence-corrected chi connectivity index (χ0v) is 24.4. The fourth-order valence-electron chi connectivity index (χ4n) is 3.70. The highest BCUT2D eigenvalue weighted by Crippen LogP contribution is 2.13. The topological polar surface area (TPSA) is 123 Å². The first-order valence-corrected chi connectivity index (χ1v) is 13.4. The molecule has 0 fully saturated rings. The molecule has 0 unspecified atom stereocenters. The number of ether oxygens (including phenoxy) is 2. The molecule has 0 bridgehead atoms. The maximum absolute atomic E-state index is 13.3. The monoisotopic (exact) mass is 533 g/mol. The van der Waals surface area contributed by atoms with E-state index in [1.54, 1.807) is 20.8 Å². The first-order chi connectivity index (χ1) is 17.6. The molecule has 0 aromatic heterocycles. The van der Waals surface area contributed by atoms with Crippen LogP contribution in [-0.4, -0.2) is 47.6 Å².